The van der Waals surface area contributed by atoms with Crippen LogP contribution in [0.15, 0.2) is 55.3 Å². The molecule has 0 aliphatic carbocycles. The van der Waals surface area contributed by atoms with E-state index in [0.717, 1.165) is 31.6 Å². The van der Waals surface area contributed by atoms with Crippen molar-refractivity contribution >= 4 is 67.7 Å². The summed E-state index contributed by atoms with van der Waals surface area (Å²) in [7, 11) is -0.0316. The lowest BCUT2D eigenvalue weighted by Gasteiger charge is -2.30. The number of anilines is 7. The zero-order valence-electron chi connectivity index (χ0n) is 24.2. The van der Waals surface area contributed by atoms with Gasteiger partial charge in [-0.25, -0.2) is 13.4 Å². The summed E-state index contributed by atoms with van der Waals surface area (Å²) in [5, 5.41) is 9.28. The first-order valence-electron chi connectivity index (χ1n) is 13.4. The Hall–Kier alpha value is -4.11. The van der Waals surface area contributed by atoms with Gasteiger partial charge in [0, 0.05) is 39.3 Å². The maximum atomic E-state index is 12.3. The maximum absolute atomic E-state index is 12.3. The number of carbonyl (C=O) groups is 1. The number of methoxy groups -OCH3 is 1. The van der Waals surface area contributed by atoms with Crippen LogP contribution in [0.5, 0.6) is 5.75 Å². The average molecular weight is 631 g/mol. The third-order valence-electron chi connectivity index (χ3n) is 6.49. The molecule has 15 heteroatoms. The van der Waals surface area contributed by atoms with Crippen molar-refractivity contribution in [3.05, 3.63) is 60.3 Å². The predicted octanol–water partition coefficient (Wildman–Crippen LogP) is 3.89. The van der Waals surface area contributed by atoms with Crippen LogP contribution in [-0.2, 0) is 19.6 Å². The van der Waals surface area contributed by atoms with E-state index in [1.54, 1.807) is 37.4 Å². The second-order valence-electron chi connectivity index (χ2n) is 9.70. The van der Waals surface area contributed by atoms with E-state index in [2.05, 4.69) is 42.1 Å². The number of ether oxygens (including phenoxy) is 2. The van der Waals surface area contributed by atoms with Gasteiger partial charge >= 0.3 is 0 Å². The Morgan fingerprint density at radius 3 is 2.56 bits per heavy atom. The van der Waals surface area contributed by atoms with Crippen molar-refractivity contribution in [2.45, 2.75) is 0 Å². The van der Waals surface area contributed by atoms with Gasteiger partial charge in [-0.3, -0.25) is 14.4 Å². The van der Waals surface area contributed by atoms with Crippen LogP contribution in [0, 0.1) is 0 Å². The van der Waals surface area contributed by atoms with Gasteiger partial charge in [-0.05, 0) is 24.3 Å². The molecular weight excluding hydrogens is 596 g/mol. The van der Waals surface area contributed by atoms with Gasteiger partial charge in [0.2, 0.25) is 21.9 Å². The molecule has 0 spiro atoms. The van der Waals surface area contributed by atoms with Crippen LogP contribution in [-0.4, -0.2) is 89.0 Å². The number of benzene rings is 2. The van der Waals surface area contributed by atoms with Crippen molar-refractivity contribution in [2.75, 3.05) is 85.4 Å². The van der Waals surface area contributed by atoms with Gasteiger partial charge in [0.25, 0.3) is 0 Å². The Kier molecular flexibility index (Phi) is 10.6. The highest BCUT2D eigenvalue weighted by Crippen LogP contribution is 2.38. The minimum atomic E-state index is -3.52. The molecule has 4 rings (SSSR count). The number of halogens is 1. The van der Waals surface area contributed by atoms with E-state index >= 15 is 0 Å². The molecule has 13 nitrogen and oxygen atoms in total. The number of sulfonamides is 1. The summed E-state index contributed by atoms with van der Waals surface area (Å²) < 4.78 is 37.2. The van der Waals surface area contributed by atoms with Gasteiger partial charge in [-0.1, -0.05) is 30.3 Å². The van der Waals surface area contributed by atoms with E-state index in [-0.39, 0.29) is 22.7 Å². The third-order valence-corrected chi connectivity index (χ3v) is 7.36. The Balaban J connectivity index is 1.61. The smallest absolute Gasteiger partial charge is 0.247 e. The molecule has 0 atom stereocenters. The number of nitrogens with one attached hydrogen (secondary N) is 4. The second kappa shape index (κ2) is 14.4. The number of nitrogens with zero attached hydrogens (tertiary/aromatic N) is 4. The predicted molar refractivity (Wildman–Crippen MR) is 171 cm³/mol. The summed E-state index contributed by atoms with van der Waals surface area (Å²) in [6.07, 6.45) is 3.67. The van der Waals surface area contributed by atoms with Crippen molar-refractivity contribution in [2.24, 2.45) is 0 Å². The van der Waals surface area contributed by atoms with Crippen molar-refractivity contribution in [3.63, 3.8) is 0 Å². The van der Waals surface area contributed by atoms with Gasteiger partial charge in [-0.15, -0.1) is 0 Å². The van der Waals surface area contributed by atoms with Crippen molar-refractivity contribution < 1.29 is 22.7 Å². The summed E-state index contributed by atoms with van der Waals surface area (Å²) in [6, 6.07) is 10.3. The third kappa shape index (κ3) is 8.94. The number of hydrogen-bond acceptors (Lipinski definition) is 11. The summed E-state index contributed by atoms with van der Waals surface area (Å²) in [5.41, 5.74) is 2.54. The number of rotatable bonds is 13. The van der Waals surface area contributed by atoms with Gasteiger partial charge in [0.15, 0.2) is 5.82 Å². The molecule has 0 unspecified atom stereocenters. The van der Waals surface area contributed by atoms with Crippen LogP contribution < -0.4 is 30.3 Å². The van der Waals surface area contributed by atoms with E-state index in [1.807, 2.05) is 18.0 Å². The fourth-order valence-corrected chi connectivity index (χ4v) is 5.03. The molecule has 1 fully saturated rings. The van der Waals surface area contributed by atoms with E-state index in [0.29, 0.717) is 48.3 Å². The standard InChI is InChI=1S/C28H35ClN8O5S/c1-5-26(38)31-22-16-23(25(41-3)17-24(22)36(2)10-11-37-12-14-42-15-13-37)33-28-30-18-19(29)27(34-28)32-20-8-6-7-9-21(20)35-43(4,39)40/h5-9,16-18,35H,1,10-15H2,2-4H3,(H,31,38)(H2,30,32,33,34). The minimum Gasteiger partial charge on any atom is -0.494 e. The fraction of sp³-hybridized carbons (Fsp3) is 0.321. The van der Waals surface area contributed by atoms with Crippen molar-refractivity contribution in [1.82, 2.24) is 14.9 Å². The summed E-state index contributed by atoms with van der Waals surface area (Å²) in [4.78, 5) is 25.5. The summed E-state index contributed by atoms with van der Waals surface area (Å²) >= 11 is 6.38. The van der Waals surface area contributed by atoms with Gasteiger partial charge < -0.3 is 30.3 Å². The highest BCUT2D eigenvalue weighted by Gasteiger charge is 2.19. The Morgan fingerprint density at radius 2 is 1.88 bits per heavy atom. The average Bonchev–Trinajstić information content (AvgIpc) is 2.98. The first-order valence-corrected chi connectivity index (χ1v) is 15.6. The topological polar surface area (TPSA) is 150 Å². The molecule has 0 radical (unpaired) electrons. The van der Waals surface area contributed by atoms with Crippen LogP contribution in [0.2, 0.25) is 5.02 Å². The molecule has 1 aliphatic rings. The van der Waals surface area contributed by atoms with Crippen LogP contribution in [0.3, 0.4) is 0 Å². The molecule has 2 aromatic carbocycles. The van der Waals surface area contributed by atoms with E-state index in [1.165, 1.54) is 12.3 Å². The van der Waals surface area contributed by atoms with Crippen LogP contribution in [0.4, 0.5) is 40.2 Å². The van der Waals surface area contributed by atoms with Crippen molar-refractivity contribution in [1.29, 1.82) is 0 Å². The first kappa shape index (κ1) is 31.8. The molecule has 230 valence electrons. The number of para-hydroxylation sites is 2. The zero-order valence-corrected chi connectivity index (χ0v) is 25.8. The maximum Gasteiger partial charge on any atom is 0.247 e. The van der Waals surface area contributed by atoms with Gasteiger partial charge in [0.1, 0.15) is 10.8 Å². The molecule has 0 bridgehead atoms. The number of aromatic nitrogens is 2. The lowest BCUT2D eigenvalue weighted by atomic mass is 10.2. The summed E-state index contributed by atoms with van der Waals surface area (Å²) in [6.45, 7) is 8.28. The number of likely N-dealkylation sites (N-methyl/N-ethyl adjacent to an activating group) is 1. The fourth-order valence-electron chi connectivity index (χ4n) is 4.32. The molecule has 3 aromatic rings. The Labute approximate surface area is 256 Å². The Bertz CT molecular complexity index is 1570. The van der Waals surface area contributed by atoms with E-state index < -0.39 is 10.0 Å². The lowest BCUT2D eigenvalue weighted by molar-refractivity contribution is -0.111. The molecule has 1 saturated heterocycles. The number of amides is 1. The van der Waals surface area contributed by atoms with Crippen LogP contribution in [0.1, 0.15) is 0 Å². The Morgan fingerprint density at radius 1 is 1.16 bits per heavy atom. The number of hydrogen-bond donors (Lipinski definition) is 4. The molecule has 4 N–H and O–H groups in total. The molecule has 43 heavy (non-hydrogen) atoms. The monoisotopic (exact) mass is 630 g/mol. The quantitative estimate of drug-likeness (QED) is 0.204. The van der Waals surface area contributed by atoms with Crippen molar-refractivity contribution in [3.8, 4) is 5.75 Å². The second-order valence-corrected chi connectivity index (χ2v) is 11.9. The van der Waals surface area contributed by atoms with Crippen LogP contribution in [0.25, 0.3) is 0 Å². The number of carbonyl (C=O) groups excluding carboxylic acids is 1. The molecular formula is C28H35ClN8O5S. The first-order chi connectivity index (χ1) is 20.6. The van der Waals surface area contributed by atoms with Gasteiger partial charge in [0.05, 0.1) is 61.2 Å². The zero-order chi connectivity index (χ0) is 31.0. The molecule has 1 aromatic heterocycles. The SMILES string of the molecule is C=CC(=O)Nc1cc(Nc2ncc(Cl)c(Nc3ccccc3NS(C)(=O)=O)n2)c(OC)cc1N(C)CCN1CCOCC1. The van der Waals surface area contributed by atoms with E-state index in [4.69, 9.17) is 21.1 Å². The van der Waals surface area contributed by atoms with Gasteiger partial charge in [-0.2, -0.15) is 4.98 Å². The lowest BCUT2D eigenvalue weighted by Crippen LogP contribution is -2.40. The normalized spacial score (nSPS) is 13.6. The highest BCUT2D eigenvalue weighted by molar-refractivity contribution is 7.92. The summed E-state index contributed by atoms with van der Waals surface area (Å²) in [5.74, 6) is 0.531. The molecule has 1 amide bonds. The minimum absolute atomic E-state index is 0.174. The number of morpholine rings is 1. The van der Waals surface area contributed by atoms with E-state index in [9.17, 15) is 13.2 Å². The highest BCUT2D eigenvalue weighted by atomic mass is 35.5. The molecule has 2 heterocycles. The largest absolute Gasteiger partial charge is 0.494 e. The van der Waals surface area contributed by atoms with Crippen LogP contribution >= 0.6 is 11.6 Å². The molecule has 0 saturated carbocycles. The molecule has 1 aliphatic heterocycles.